The summed E-state index contributed by atoms with van der Waals surface area (Å²) in [5.41, 5.74) is 11.2. The second-order valence-electron chi connectivity index (χ2n) is 3.78. The number of hydrogen-bond donors (Lipinski definition) is 2. The number of piperidine rings is 1. The van der Waals surface area contributed by atoms with Crippen molar-refractivity contribution in [1.29, 1.82) is 0 Å². The molecule has 1 aliphatic rings. The Morgan fingerprint density at radius 3 is 2.53 bits per heavy atom. The standard InChI is InChI=1S/C9H16N6/c10-7-6-8(13-9(11)15(7)12)14-4-2-1-3-5-14/h6,12H,1-5,10H2,(H2,11,13). The Bertz CT molecular complexity index is 335. The molecule has 1 aromatic rings. The van der Waals surface area contributed by atoms with Gasteiger partial charge in [-0.05, 0) is 19.3 Å². The number of nitrogens with zero attached hydrogens (tertiary/aromatic N) is 3. The highest BCUT2D eigenvalue weighted by atomic mass is 15.4. The zero-order chi connectivity index (χ0) is 10.8. The average Bonchev–Trinajstić information content (AvgIpc) is 2.26. The van der Waals surface area contributed by atoms with Crippen LogP contribution in [0.25, 0.3) is 5.84 Å². The summed E-state index contributed by atoms with van der Waals surface area (Å²) in [5.74, 6) is 8.68. The summed E-state index contributed by atoms with van der Waals surface area (Å²) in [5, 5.41) is 0. The molecule has 0 bridgehead atoms. The van der Waals surface area contributed by atoms with Crippen LogP contribution < -0.4 is 21.0 Å². The van der Waals surface area contributed by atoms with E-state index in [1.54, 1.807) is 6.07 Å². The Morgan fingerprint density at radius 1 is 1.27 bits per heavy atom. The van der Waals surface area contributed by atoms with Crippen molar-refractivity contribution >= 4 is 17.6 Å². The van der Waals surface area contributed by atoms with E-state index >= 15 is 0 Å². The first-order valence-electron chi connectivity index (χ1n) is 5.13. The van der Waals surface area contributed by atoms with Gasteiger partial charge in [0.25, 0.3) is 0 Å². The molecule has 1 aliphatic heterocycles. The molecular weight excluding hydrogens is 192 g/mol. The minimum Gasteiger partial charge on any atom is -0.578 e. The highest BCUT2D eigenvalue weighted by Crippen LogP contribution is 2.18. The molecule has 0 aromatic carbocycles. The maximum absolute atomic E-state index is 7.44. The molecule has 0 atom stereocenters. The fourth-order valence-electron chi connectivity index (χ4n) is 1.81. The number of aromatic nitrogens is 2. The summed E-state index contributed by atoms with van der Waals surface area (Å²) in [6.45, 7) is 1.99. The van der Waals surface area contributed by atoms with Gasteiger partial charge in [-0.25, -0.2) is 0 Å². The van der Waals surface area contributed by atoms with Crippen LogP contribution in [0.1, 0.15) is 19.3 Å². The molecule has 2 heterocycles. The van der Waals surface area contributed by atoms with Crippen LogP contribution in [-0.4, -0.2) is 18.1 Å². The van der Waals surface area contributed by atoms with Crippen molar-refractivity contribution in [2.75, 3.05) is 29.5 Å². The smallest absolute Gasteiger partial charge is 0.335 e. The third kappa shape index (κ3) is 1.88. The van der Waals surface area contributed by atoms with Gasteiger partial charge in [-0.3, -0.25) is 4.68 Å². The molecular formula is C9H16N6. The fourth-order valence-corrected chi connectivity index (χ4v) is 1.81. The van der Waals surface area contributed by atoms with Crippen LogP contribution in [-0.2, 0) is 0 Å². The number of hydrogen-bond acceptors (Lipinski definition) is 4. The van der Waals surface area contributed by atoms with Crippen LogP contribution in [0.3, 0.4) is 0 Å². The lowest BCUT2D eigenvalue weighted by Crippen LogP contribution is -2.36. The third-order valence-corrected chi connectivity index (χ3v) is 2.67. The van der Waals surface area contributed by atoms with E-state index in [9.17, 15) is 0 Å². The summed E-state index contributed by atoms with van der Waals surface area (Å²) in [7, 11) is 0. The van der Waals surface area contributed by atoms with E-state index < -0.39 is 0 Å². The van der Waals surface area contributed by atoms with Crippen molar-refractivity contribution < 1.29 is 4.68 Å². The Hall–Kier alpha value is -1.72. The lowest BCUT2D eigenvalue weighted by atomic mass is 10.1. The van der Waals surface area contributed by atoms with Crippen LogP contribution in [0.4, 0.5) is 17.6 Å². The van der Waals surface area contributed by atoms with Crippen LogP contribution >= 0.6 is 0 Å². The summed E-state index contributed by atoms with van der Waals surface area (Å²) >= 11 is 0. The topological polar surface area (TPSA) is 95.9 Å². The van der Waals surface area contributed by atoms with Gasteiger partial charge in [0.1, 0.15) is 0 Å². The molecule has 0 saturated carbocycles. The van der Waals surface area contributed by atoms with Crippen LogP contribution in [0, 0.1) is 0 Å². The molecule has 0 amide bonds. The minimum absolute atomic E-state index is 0.135. The van der Waals surface area contributed by atoms with E-state index in [1.165, 1.54) is 19.3 Å². The minimum atomic E-state index is 0.135. The van der Waals surface area contributed by atoms with E-state index in [1.807, 2.05) is 0 Å². The van der Waals surface area contributed by atoms with E-state index in [0.29, 0.717) is 5.82 Å². The number of rotatable bonds is 1. The number of nitrogens with two attached hydrogens (primary N) is 2. The van der Waals surface area contributed by atoms with Crippen LogP contribution in [0.5, 0.6) is 0 Å². The second kappa shape index (κ2) is 3.80. The molecule has 6 nitrogen and oxygen atoms in total. The fraction of sp³-hybridized carbons (Fsp3) is 0.556. The quantitative estimate of drug-likeness (QED) is 0.650. The largest absolute Gasteiger partial charge is 0.578 e. The molecule has 6 heteroatoms. The number of nitrogen functional groups attached to an aromatic ring is 2. The predicted octanol–water partition coefficient (Wildman–Crippen LogP) is 0.339. The number of nitrogens with one attached hydrogen (secondary N) is 1. The Labute approximate surface area is 88.6 Å². The molecule has 0 radical (unpaired) electrons. The van der Waals surface area contributed by atoms with E-state index in [0.717, 1.165) is 23.6 Å². The first kappa shape index (κ1) is 9.82. The molecule has 1 fully saturated rings. The Morgan fingerprint density at radius 2 is 1.93 bits per heavy atom. The second-order valence-corrected chi connectivity index (χ2v) is 3.78. The molecule has 5 N–H and O–H groups in total. The molecule has 15 heavy (non-hydrogen) atoms. The van der Waals surface area contributed by atoms with Gasteiger partial charge in [0.05, 0.1) is 6.07 Å². The average molecular weight is 208 g/mol. The SMILES string of the molecule is [NH-][n+]1c(N)cc(N2CCCCC2)nc1N. The van der Waals surface area contributed by atoms with Gasteiger partial charge >= 0.3 is 5.95 Å². The first-order chi connectivity index (χ1) is 7.18. The maximum atomic E-state index is 7.44. The van der Waals surface area contributed by atoms with Gasteiger partial charge < -0.3 is 22.2 Å². The first-order valence-corrected chi connectivity index (χ1v) is 5.13. The molecule has 1 saturated heterocycles. The van der Waals surface area contributed by atoms with Gasteiger partial charge in [0, 0.05) is 13.1 Å². The highest BCUT2D eigenvalue weighted by molar-refractivity contribution is 5.46. The third-order valence-electron chi connectivity index (χ3n) is 2.67. The molecule has 0 aliphatic carbocycles. The summed E-state index contributed by atoms with van der Waals surface area (Å²) < 4.78 is 0.938. The lowest BCUT2D eigenvalue weighted by molar-refractivity contribution is -0.577. The van der Waals surface area contributed by atoms with Gasteiger partial charge in [-0.2, -0.15) is 0 Å². The highest BCUT2D eigenvalue weighted by Gasteiger charge is 2.16. The summed E-state index contributed by atoms with van der Waals surface area (Å²) in [6, 6.07) is 1.70. The molecule has 2 rings (SSSR count). The normalized spacial score (nSPS) is 16.7. The van der Waals surface area contributed by atoms with Crippen molar-refractivity contribution in [3.8, 4) is 0 Å². The van der Waals surface area contributed by atoms with Gasteiger partial charge in [-0.1, -0.05) is 4.98 Å². The van der Waals surface area contributed by atoms with Crippen LogP contribution in [0.15, 0.2) is 6.07 Å². The molecule has 1 aromatic heterocycles. The van der Waals surface area contributed by atoms with Gasteiger partial charge in [0.2, 0.25) is 0 Å². The van der Waals surface area contributed by atoms with Gasteiger partial charge in [0.15, 0.2) is 11.6 Å². The Balaban J connectivity index is 2.27. The zero-order valence-corrected chi connectivity index (χ0v) is 8.61. The number of anilines is 3. The van der Waals surface area contributed by atoms with Crippen molar-refractivity contribution in [3.63, 3.8) is 0 Å². The maximum Gasteiger partial charge on any atom is 0.335 e. The summed E-state index contributed by atoms with van der Waals surface area (Å²) in [4.78, 5) is 6.32. The Kier molecular flexibility index (Phi) is 2.49. The van der Waals surface area contributed by atoms with E-state index in [2.05, 4.69) is 9.88 Å². The van der Waals surface area contributed by atoms with E-state index in [-0.39, 0.29) is 5.95 Å². The van der Waals surface area contributed by atoms with E-state index in [4.69, 9.17) is 17.3 Å². The monoisotopic (exact) mass is 208 g/mol. The van der Waals surface area contributed by atoms with Crippen molar-refractivity contribution in [1.82, 2.24) is 4.98 Å². The molecule has 0 spiro atoms. The molecule has 82 valence electrons. The van der Waals surface area contributed by atoms with Crippen molar-refractivity contribution in [3.05, 3.63) is 11.9 Å². The van der Waals surface area contributed by atoms with Gasteiger partial charge in [-0.15, -0.1) is 0 Å². The van der Waals surface area contributed by atoms with Crippen LogP contribution in [0.2, 0.25) is 0 Å². The van der Waals surface area contributed by atoms with Crippen molar-refractivity contribution in [2.24, 2.45) is 0 Å². The predicted molar refractivity (Wildman–Crippen MR) is 59.0 cm³/mol. The van der Waals surface area contributed by atoms with Crippen molar-refractivity contribution in [2.45, 2.75) is 19.3 Å². The lowest BCUT2D eigenvalue weighted by Gasteiger charge is -2.26. The summed E-state index contributed by atoms with van der Waals surface area (Å²) in [6.07, 6.45) is 3.63. The molecule has 0 unspecified atom stereocenters. The zero-order valence-electron chi connectivity index (χ0n) is 8.61.